The number of ether oxygens (including phenoxy) is 2. The maximum atomic E-state index is 11.3. The highest BCUT2D eigenvalue weighted by atomic mass is 16.5. The van der Waals surface area contributed by atoms with E-state index < -0.39 is 5.60 Å². The normalized spacial score (nSPS) is 40.9. The van der Waals surface area contributed by atoms with E-state index in [9.17, 15) is 5.11 Å². The van der Waals surface area contributed by atoms with Gasteiger partial charge in [-0.05, 0) is 56.8 Å². The van der Waals surface area contributed by atoms with Gasteiger partial charge in [0, 0.05) is 19.8 Å². The molecule has 3 heteroatoms. The summed E-state index contributed by atoms with van der Waals surface area (Å²) >= 11 is 0. The molecule has 3 atom stereocenters. The van der Waals surface area contributed by atoms with Gasteiger partial charge in [-0.1, -0.05) is 26.2 Å². The molecule has 3 rings (SSSR count). The molecule has 0 bridgehead atoms. The van der Waals surface area contributed by atoms with Gasteiger partial charge >= 0.3 is 0 Å². The zero-order valence-corrected chi connectivity index (χ0v) is 13.6. The van der Waals surface area contributed by atoms with Gasteiger partial charge in [0.05, 0.1) is 11.2 Å². The molecule has 122 valence electrons. The van der Waals surface area contributed by atoms with Crippen LogP contribution < -0.4 is 0 Å². The summed E-state index contributed by atoms with van der Waals surface area (Å²) in [7, 11) is 0. The summed E-state index contributed by atoms with van der Waals surface area (Å²) in [6.07, 6.45) is 11.1. The van der Waals surface area contributed by atoms with Crippen molar-refractivity contribution in [2.75, 3.05) is 19.8 Å². The van der Waals surface area contributed by atoms with E-state index >= 15 is 0 Å². The number of aliphatic hydroxyl groups is 1. The maximum absolute atomic E-state index is 11.3. The quantitative estimate of drug-likeness (QED) is 0.790. The molecule has 3 unspecified atom stereocenters. The molecule has 0 aromatic rings. The molecule has 1 N–H and O–H groups in total. The van der Waals surface area contributed by atoms with Crippen molar-refractivity contribution in [3.05, 3.63) is 0 Å². The summed E-state index contributed by atoms with van der Waals surface area (Å²) in [6, 6.07) is 0. The third kappa shape index (κ3) is 3.46. The third-order valence-corrected chi connectivity index (χ3v) is 6.44. The van der Waals surface area contributed by atoms with E-state index in [1.807, 2.05) is 0 Å². The second kappa shape index (κ2) is 6.55. The minimum absolute atomic E-state index is 0.00730. The van der Waals surface area contributed by atoms with Crippen molar-refractivity contribution < 1.29 is 14.6 Å². The van der Waals surface area contributed by atoms with Crippen molar-refractivity contribution >= 4 is 0 Å². The molecule has 2 aliphatic heterocycles. The Labute approximate surface area is 129 Å². The summed E-state index contributed by atoms with van der Waals surface area (Å²) < 4.78 is 11.7. The van der Waals surface area contributed by atoms with Crippen LogP contribution in [0.3, 0.4) is 0 Å². The van der Waals surface area contributed by atoms with Crippen LogP contribution in [0.15, 0.2) is 0 Å². The van der Waals surface area contributed by atoms with Gasteiger partial charge < -0.3 is 14.6 Å². The Morgan fingerprint density at radius 1 is 1.00 bits per heavy atom. The van der Waals surface area contributed by atoms with E-state index in [-0.39, 0.29) is 5.60 Å². The second-order valence-corrected chi connectivity index (χ2v) is 7.64. The molecule has 0 aromatic carbocycles. The van der Waals surface area contributed by atoms with Gasteiger partial charge in [-0.3, -0.25) is 0 Å². The lowest BCUT2D eigenvalue weighted by Crippen LogP contribution is -2.50. The fourth-order valence-corrected chi connectivity index (χ4v) is 4.82. The Hall–Kier alpha value is -0.120. The van der Waals surface area contributed by atoms with E-state index in [1.54, 1.807) is 0 Å². The molecule has 21 heavy (non-hydrogen) atoms. The molecule has 0 aromatic heterocycles. The predicted octanol–water partition coefficient (Wildman–Crippen LogP) is 3.68. The SMILES string of the molecule is CCC1CCCC(O)(C2CCOC3(CCOCC3)C2)CC1. The molecular formula is C18H32O3. The number of hydrogen-bond acceptors (Lipinski definition) is 3. The lowest BCUT2D eigenvalue weighted by molar-refractivity contribution is -0.177. The van der Waals surface area contributed by atoms with Crippen LogP contribution in [0.1, 0.15) is 71.1 Å². The molecule has 0 amide bonds. The summed E-state index contributed by atoms with van der Waals surface area (Å²) in [5, 5.41) is 11.3. The Balaban J connectivity index is 1.67. The molecule has 2 heterocycles. The molecule has 0 radical (unpaired) electrons. The molecule has 3 nitrogen and oxygen atoms in total. The van der Waals surface area contributed by atoms with Crippen molar-refractivity contribution in [3.8, 4) is 0 Å². The van der Waals surface area contributed by atoms with Crippen LogP contribution in [-0.2, 0) is 9.47 Å². The van der Waals surface area contributed by atoms with E-state index in [4.69, 9.17) is 9.47 Å². The Morgan fingerprint density at radius 3 is 2.57 bits per heavy atom. The molecular weight excluding hydrogens is 264 g/mol. The fraction of sp³-hybridized carbons (Fsp3) is 1.00. The van der Waals surface area contributed by atoms with Crippen molar-refractivity contribution in [1.29, 1.82) is 0 Å². The van der Waals surface area contributed by atoms with Crippen molar-refractivity contribution in [3.63, 3.8) is 0 Å². The van der Waals surface area contributed by atoms with Crippen LogP contribution >= 0.6 is 0 Å². The standard InChI is InChI=1S/C18H32O3/c1-2-15-4-3-7-18(19,8-5-15)16-6-11-21-17(14-16)9-12-20-13-10-17/h15-16,19H,2-14H2,1H3. The van der Waals surface area contributed by atoms with Crippen LogP contribution in [0.25, 0.3) is 0 Å². The minimum Gasteiger partial charge on any atom is -0.390 e. The van der Waals surface area contributed by atoms with Gasteiger partial charge in [0.15, 0.2) is 0 Å². The average Bonchev–Trinajstić information content (AvgIpc) is 2.71. The summed E-state index contributed by atoms with van der Waals surface area (Å²) in [6.45, 7) is 4.76. The fourth-order valence-electron chi connectivity index (χ4n) is 4.82. The van der Waals surface area contributed by atoms with Gasteiger partial charge in [-0.25, -0.2) is 0 Å². The topological polar surface area (TPSA) is 38.7 Å². The van der Waals surface area contributed by atoms with Gasteiger partial charge in [0.2, 0.25) is 0 Å². The first kappa shape index (κ1) is 15.8. The first-order valence-corrected chi connectivity index (χ1v) is 9.10. The van der Waals surface area contributed by atoms with Gasteiger partial charge in [-0.2, -0.15) is 0 Å². The first-order valence-electron chi connectivity index (χ1n) is 9.10. The predicted molar refractivity (Wildman–Crippen MR) is 83.3 cm³/mol. The van der Waals surface area contributed by atoms with E-state index in [0.29, 0.717) is 5.92 Å². The van der Waals surface area contributed by atoms with Gasteiger partial charge in [-0.15, -0.1) is 0 Å². The summed E-state index contributed by atoms with van der Waals surface area (Å²) in [5.41, 5.74) is -0.424. The molecule has 1 aliphatic carbocycles. The van der Waals surface area contributed by atoms with E-state index in [0.717, 1.165) is 64.3 Å². The van der Waals surface area contributed by atoms with Crippen molar-refractivity contribution in [2.45, 2.75) is 82.3 Å². The summed E-state index contributed by atoms with van der Waals surface area (Å²) in [4.78, 5) is 0. The van der Waals surface area contributed by atoms with Crippen LogP contribution in [0.5, 0.6) is 0 Å². The highest BCUT2D eigenvalue weighted by Crippen LogP contribution is 2.46. The lowest BCUT2D eigenvalue weighted by Gasteiger charge is -2.48. The highest BCUT2D eigenvalue weighted by molar-refractivity contribution is 4.97. The van der Waals surface area contributed by atoms with Gasteiger partial charge in [0.1, 0.15) is 0 Å². The Morgan fingerprint density at radius 2 is 1.81 bits per heavy atom. The molecule has 3 aliphatic rings. The van der Waals surface area contributed by atoms with Crippen molar-refractivity contribution in [2.24, 2.45) is 11.8 Å². The molecule has 3 fully saturated rings. The van der Waals surface area contributed by atoms with Crippen LogP contribution in [0.2, 0.25) is 0 Å². The molecule has 1 spiro atoms. The summed E-state index contributed by atoms with van der Waals surface area (Å²) in [5.74, 6) is 1.26. The minimum atomic E-state index is -0.432. The smallest absolute Gasteiger partial charge is 0.0730 e. The number of hydrogen-bond donors (Lipinski definition) is 1. The van der Waals surface area contributed by atoms with Crippen LogP contribution in [-0.4, -0.2) is 36.1 Å². The van der Waals surface area contributed by atoms with Crippen molar-refractivity contribution in [1.82, 2.24) is 0 Å². The van der Waals surface area contributed by atoms with Crippen LogP contribution in [0, 0.1) is 11.8 Å². The van der Waals surface area contributed by atoms with E-state index in [1.165, 1.54) is 25.7 Å². The monoisotopic (exact) mass is 296 g/mol. The molecule has 2 saturated heterocycles. The maximum Gasteiger partial charge on any atom is 0.0730 e. The first-order chi connectivity index (χ1) is 10.2. The zero-order chi connectivity index (χ0) is 14.8. The third-order valence-electron chi connectivity index (χ3n) is 6.44. The average molecular weight is 296 g/mol. The zero-order valence-electron chi connectivity index (χ0n) is 13.6. The second-order valence-electron chi connectivity index (χ2n) is 7.64. The number of rotatable bonds is 2. The van der Waals surface area contributed by atoms with Crippen LogP contribution in [0.4, 0.5) is 0 Å². The molecule has 1 saturated carbocycles. The van der Waals surface area contributed by atoms with Gasteiger partial charge in [0.25, 0.3) is 0 Å². The van der Waals surface area contributed by atoms with E-state index in [2.05, 4.69) is 6.92 Å². The largest absolute Gasteiger partial charge is 0.390 e. The highest BCUT2D eigenvalue weighted by Gasteiger charge is 2.46. The Bertz CT molecular complexity index is 332. The Kier molecular flexibility index (Phi) is 4.92. The lowest BCUT2D eigenvalue weighted by atomic mass is 9.70.